The number of methoxy groups -OCH3 is 1. The smallest absolute Gasteiger partial charge is 0.268 e. The molecule has 0 spiro atoms. The SMILES string of the molecule is COc1ccc(NCCNC(=O)C2CCCCC2NC(=O)c2cc3ccccc3n2C)cc1. The van der Waals surface area contributed by atoms with Gasteiger partial charge in [-0.15, -0.1) is 0 Å². The van der Waals surface area contributed by atoms with Gasteiger partial charge in [-0.05, 0) is 49.2 Å². The Kier molecular flexibility index (Phi) is 7.17. The van der Waals surface area contributed by atoms with E-state index in [0.29, 0.717) is 18.8 Å². The van der Waals surface area contributed by atoms with Gasteiger partial charge in [-0.2, -0.15) is 0 Å². The van der Waals surface area contributed by atoms with E-state index in [1.54, 1.807) is 7.11 Å². The van der Waals surface area contributed by atoms with Crippen molar-refractivity contribution in [3.63, 3.8) is 0 Å². The molecule has 1 aliphatic carbocycles. The minimum absolute atomic E-state index is 0.00794. The van der Waals surface area contributed by atoms with Crippen LogP contribution < -0.4 is 20.7 Å². The summed E-state index contributed by atoms with van der Waals surface area (Å²) in [5, 5.41) is 10.5. The molecular weight excluding hydrogens is 416 g/mol. The van der Waals surface area contributed by atoms with Crippen molar-refractivity contribution in [2.75, 3.05) is 25.5 Å². The van der Waals surface area contributed by atoms with E-state index in [4.69, 9.17) is 4.74 Å². The molecule has 0 radical (unpaired) electrons. The molecule has 2 unspecified atom stereocenters. The van der Waals surface area contributed by atoms with E-state index >= 15 is 0 Å². The predicted molar refractivity (Wildman–Crippen MR) is 131 cm³/mol. The molecule has 0 aliphatic heterocycles. The zero-order chi connectivity index (χ0) is 23.2. The number of ether oxygens (including phenoxy) is 1. The first-order valence-electron chi connectivity index (χ1n) is 11.6. The number of nitrogens with zero attached hydrogens (tertiary/aromatic N) is 1. The Morgan fingerprint density at radius 2 is 1.79 bits per heavy atom. The van der Waals surface area contributed by atoms with Gasteiger partial charge in [-0.1, -0.05) is 31.0 Å². The number of aromatic nitrogens is 1. The summed E-state index contributed by atoms with van der Waals surface area (Å²) < 4.78 is 7.07. The van der Waals surface area contributed by atoms with Crippen LogP contribution in [0, 0.1) is 5.92 Å². The van der Waals surface area contributed by atoms with E-state index in [9.17, 15) is 9.59 Å². The summed E-state index contributed by atoms with van der Waals surface area (Å²) in [6.07, 6.45) is 3.63. The van der Waals surface area contributed by atoms with Crippen LogP contribution in [0.1, 0.15) is 36.2 Å². The fourth-order valence-electron chi connectivity index (χ4n) is 4.60. The van der Waals surface area contributed by atoms with E-state index in [2.05, 4.69) is 16.0 Å². The number of carbonyl (C=O) groups is 2. The maximum Gasteiger partial charge on any atom is 0.268 e. The lowest BCUT2D eigenvalue weighted by molar-refractivity contribution is -0.126. The summed E-state index contributed by atoms with van der Waals surface area (Å²) in [6.45, 7) is 1.14. The molecule has 33 heavy (non-hydrogen) atoms. The topological polar surface area (TPSA) is 84.4 Å². The lowest BCUT2D eigenvalue weighted by Crippen LogP contribution is -2.49. The van der Waals surface area contributed by atoms with Crippen LogP contribution in [-0.2, 0) is 11.8 Å². The van der Waals surface area contributed by atoms with Crippen LogP contribution in [-0.4, -0.2) is 42.6 Å². The summed E-state index contributed by atoms with van der Waals surface area (Å²) in [4.78, 5) is 26.0. The highest BCUT2D eigenvalue weighted by Crippen LogP contribution is 2.26. The van der Waals surface area contributed by atoms with E-state index in [1.165, 1.54) is 0 Å². The lowest BCUT2D eigenvalue weighted by Gasteiger charge is -2.31. The second-order valence-corrected chi connectivity index (χ2v) is 8.56. The zero-order valence-corrected chi connectivity index (χ0v) is 19.3. The monoisotopic (exact) mass is 448 g/mol. The third kappa shape index (κ3) is 5.30. The van der Waals surface area contributed by atoms with Crippen molar-refractivity contribution in [1.82, 2.24) is 15.2 Å². The van der Waals surface area contributed by atoms with E-state index in [-0.39, 0.29) is 23.8 Å². The van der Waals surface area contributed by atoms with Crippen molar-refractivity contribution in [1.29, 1.82) is 0 Å². The first-order valence-corrected chi connectivity index (χ1v) is 11.6. The molecule has 174 valence electrons. The lowest BCUT2D eigenvalue weighted by atomic mass is 9.83. The molecule has 3 N–H and O–H groups in total. The molecule has 0 bridgehead atoms. The largest absolute Gasteiger partial charge is 0.497 e. The molecule has 7 nitrogen and oxygen atoms in total. The Balaban J connectivity index is 1.31. The molecule has 1 fully saturated rings. The number of amides is 2. The molecule has 4 rings (SSSR count). The maximum atomic E-state index is 13.1. The molecular formula is C26H32N4O3. The summed E-state index contributed by atoms with van der Waals surface area (Å²) >= 11 is 0. The summed E-state index contributed by atoms with van der Waals surface area (Å²) in [5.41, 5.74) is 2.61. The molecule has 2 amide bonds. The Labute approximate surface area is 194 Å². The van der Waals surface area contributed by atoms with Crippen molar-refractivity contribution in [3.8, 4) is 5.75 Å². The second-order valence-electron chi connectivity index (χ2n) is 8.56. The van der Waals surface area contributed by atoms with Gasteiger partial charge in [0, 0.05) is 42.8 Å². The van der Waals surface area contributed by atoms with Gasteiger partial charge >= 0.3 is 0 Å². The molecule has 1 aromatic heterocycles. The Hall–Kier alpha value is -3.48. The van der Waals surface area contributed by atoms with Gasteiger partial charge in [-0.25, -0.2) is 0 Å². The van der Waals surface area contributed by atoms with Gasteiger partial charge in [0.25, 0.3) is 5.91 Å². The van der Waals surface area contributed by atoms with Gasteiger partial charge in [0.1, 0.15) is 11.4 Å². The van der Waals surface area contributed by atoms with Crippen molar-refractivity contribution in [2.24, 2.45) is 13.0 Å². The number of nitrogens with one attached hydrogen (secondary N) is 3. The molecule has 3 aromatic rings. The Bertz CT molecular complexity index is 1110. The molecule has 7 heteroatoms. The Morgan fingerprint density at radius 1 is 1.03 bits per heavy atom. The molecule has 1 aliphatic rings. The standard InChI is InChI=1S/C26H32N4O3/c1-30-23-10-6-3-7-18(23)17-24(30)26(32)29-22-9-5-4-8-21(22)25(31)28-16-15-27-19-11-13-20(33-2)14-12-19/h3,6-7,10-14,17,21-22,27H,4-5,8-9,15-16H2,1-2H3,(H,28,31)(H,29,32). The fraction of sp³-hybridized carbons (Fsp3) is 0.385. The predicted octanol–water partition coefficient (Wildman–Crippen LogP) is 3.70. The van der Waals surface area contributed by atoms with Crippen LogP contribution in [0.2, 0.25) is 0 Å². The molecule has 0 saturated heterocycles. The van der Waals surface area contributed by atoms with E-state index < -0.39 is 0 Å². The van der Waals surface area contributed by atoms with Gasteiger partial charge in [0.05, 0.1) is 13.0 Å². The van der Waals surface area contributed by atoms with Gasteiger partial charge in [0.2, 0.25) is 5.91 Å². The number of benzene rings is 2. The van der Waals surface area contributed by atoms with Crippen LogP contribution in [0.5, 0.6) is 5.75 Å². The number of para-hydroxylation sites is 1. The van der Waals surface area contributed by atoms with Crippen LogP contribution in [0.15, 0.2) is 54.6 Å². The third-order valence-electron chi connectivity index (χ3n) is 6.45. The average Bonchev–Trinajstić information content (AvgIpc) is 3.19. The Morgan fingerprint density at radius 3 is 2.55 bits per heavy atom. The summed E-state index contributed by atoms with van der Waals surface area (Å²) in [7, 11) is 3.54. The molecule has 1 heterocycles. The van der Waals surface area contributed by atoms with E-state index in [0.717, 1.165) is 48.0 Å². The van der Waals surface area contributed by atoms with Gasteiger partial charge in [-0.3, -0.25) is 9.59 Å². The molecule has 1 saturated carbocycles. The summed E-state index contributed by atoms with van der Waals surface area (Å²) in [6, 6.07) is 17.4. The highest BCUT2D eigenvalue weighted by atomic mass is 16.5. The fourth-order valence-corrected chi connectivity index (χ4v) is 4.60. The van der Waals surface area contributed by atoms with Crippen LogP contribution >= 0.6 is 0 Å². The third-order valence-corrected chi connectivity index (χ3v) is 6.45. The number of hydrogen-bond donors (Lipinski definition) is 3. The number of rotatable bonds is 8. The number of anilines is 1. The number of aryl methyl sites for hydroxylation is 1. The van der Waals surface area contributed by atoms with Crippen LogP contribution in [0.3, 0.4) is 0 Å². The normalized spacial score (nSPS) is 18.0. The van der Waals surface area contributed by atoms with Crippen LogP contribution in [0.25, 0.3) is 10.9 Å². The molecule has 2 atom stereocenters. The minimum atomic E-state index is -0.210. The van der Waals surface area contributed by atoms with Crippen molar-refractivity contribution < 1.29 is 14.3 Å². The second kappa shape index (κ2) is 10.4. The number of fused-ring (bicyclic) bond motifs is 1. The summed E-state index contributed by atoms with van der Waals surface area (Å²) in [5.74, 6) is 0.481. The zero-order valence-electron chi connectivity index (χ0n) is 19.3. The number of carbonyl (C=O) groups excluding carboxylic acids is 2. The van der Waals surface area contributed by atoms with Crippen molar-refractivity contribution in [2.45, 2.75) is 31.7 Å². The minimum Gasteiger partial charge on any atom is -0.497 e. The highest BCUT2D eigenvalue weighted by molar-refractivity contribution is 5.99. The van der Waals surface area contributed by atoms with Crippen LogP contribution in [0.4, 0.5) is 5.69 Å². The average molecular weight is 449 g/mol. The van der Waals surface area contributed by atoms with Crippen molar-refractivity contribution in [3.05, 3.63) is 60.3 Å². The van der Waals surface area contributed by atoms with Gasteiger partial charge < -0.3 is 25.3 Å². The maximum absolute atomic E-state index is 13.1. The number of hydrogen-bond acceptors (Lipinski definition) is 4. The van der Waals surface area contributed by atoms with Crippen molar-refractivity contribution >= 4 is 28.4 Å². The molecule has 2 aromatic carbocycles. The first kappa shape index (κ1) is 22.7. The first-order chi connectivity index (χ1) is 16.1. The van der Waals surface area contributed by atoms with E-state index in [1.807, 2.05) is 66.2 Å². The highest BCUT2D eigenvalue weighted by Gasteiger charge is 2.32. The van der Waals surface area contributed by atoms with Gasteiger partial charge in [0.15, 0.2) is 0 Å². The quantitative estimate of drug-likeness (QED) is 0.459.